The van der Waals surface area contributed by atoms with Gasteiger partial charge in [0, 0.05) is 5.02 Å². The Kier molecular flexibility index (Phi) is 3.27. The molecule has 2 N–H and O–H groups in total. The lowest BCUT2D eigenvalue weighted by Crippen LogP contribution is -2.14. The molecule has 0 bridgehead atoms. The molecule has 0 amide bonds. The van der Waals surface area contributed by atoms with Crippen LogP contribution in [0.15, 0.2) is 28.8 Å². The normalized spacial score (nSPS) is 13.6. The van der Waals surface area contributed by atoms with E-state index in [0.717, 1.165) is 0 Å². The Hall–Kier alpha value is -1.60. The average Bonchev–Trinajstić information content (AvgIpc) is 2.77. The molecule has 18 heavy (non-hydrogen) atoms. The molecule has 1 heterocycles. The maximum Gasteiger partial charge on any atom is 0.471 e. The number of hydrogen-bond acceptors (Lipinski definition) is 4. The van der Waals surface area contributed by atoms with Crippen molar-refractivity contribution in [1.29, 1.82) is 0 Å². The third kappa shape index (κ3) is 2.46. The highest BCUT2D eigenvalue weighted by Crippen LogP contribution is 2.30. The van der Waals surface area contributed by atoms with E-state index >= 15 is 0 Å². The minimum absolute atomic E-state index is 0.268. The van der Waals surface area contributed by atoms with Gasteiger partial charge in [0.2, 0.25) is 0 Å². The zero-order valence-electron chi connectivity index (χ0n) is 8.78. The van der Waals surface area contributed by atoms with Crippen molar-refractivity contribution in [2.24, 2.45) is 5.73 Å². The van der Waals surface area contributed by atoms with Crippen molar-refractivity contribution >= 4 is 11.6 Å². The topological polar surface area (TPSA) is 64.9 Å². The Morgan fingerprint density at radius 3 is 2.50 bits per heavy atom. The van der Waals surface area contributed by atoms with Gasteiger partial charge in [-0.05, 0) is 11.6 Å². The van der Waals surface area contributed by atoms with E-state index in [4.69, 9.17) is 17.3 Å². The molecule has 4 nitrogen and oxygen atoms in total. The second-order valence-electron chi connectivity index (χ2n) is 3.45. The second kappa shape index (κ2) is 4.58. The molecule has 0 aliphatic heterocycles. The van der Waals surface area contributed by atoms with E-state index in [0.29, 0.717) is 10.6 Å². The SMILES string of the molecule is NC(c1noc(C(F)(F)F)n1)c1ccccc1Cl. The van der Waals surface area contributed by atoms with Gasteiger partial charge >= 0.3 is 12.1 Å². The van der Waals surface area contributed by atoms with Gasteiger partial charge in [0.1, 0.15) is 0 Å². The smallest absolute Gasteiger partial charge is 0.329 e. The summed E-state index contributed by atoms with van der Waals surface area (Å²) < 4.78 is 41.0. The minimum atomic E-state index is -4.69. The third-order valence-electron chi connectivity index (χ3n) is 2.20. The minimum Gasteiger partial charge on any atom is -0.329 e. The van der Waals surface area contributed by atoms with E-state index in [9.17, 15) is 13.2 Å². The van der Waals surface area contributed by atoms with E-state index in [-0.39, 0.29) is 5.82 Å². The van der Waals surface area contributed by atoms with Gasteiger partial charge in [-0.25, -0.2) is 0 Å². The first-order chi connectivity index (χ1) is 8.39. The van der Waals surface area contributed by atoms with Crippen molar-refractivity contribution in [2.45, 2.75) is 12.2 Å². The molecular formula is C10H7ClF3N3O. The molecule has 0 aliphatic rings. The van der Waals surface area contributed by atoms with Gasteiger partial charge in [-0.2, -0.15) is 18.2 Å². The highest BCUT2D eigenvalue weighted by Gasteiger charge is 2.39. The van der Waals surface area contributed by atoms with Crippen LogP contribution in [-0.2, 0) is 6.18 Å². The lowest BCUT2D eigenvalue weighted by molar-refractivity contribution is -0.159. The molecule has 8 heteroatoms. The molecule has 0 saturated heterocycles. The van der Waals surface area contributed by atoms with Crippen LogP contribution in [0.5, 0.6) is 0 Å². The number of halogens is 4. The standard InChI is InChI=1S/C10H7ClF3N3O/c11-6-4-2-1-3-5(6)7(15)8-16-9(18-17-8)10(12,13)14/h1-4,7H,15H2. The van der Waals surface area contributed by atoms with Crippen molar-refractivity contribution in [3.63, 3.8) is 0 Å². The summed E-state index contributed by atoms with van der Waals surface area (Å²) in [6.07, 6.45) is -4.69. The highest BCUT2D eigenvalue weighted by molar-refractivity contribution is 6.31. The molecule has 0 spiro atoms. The lowest BCUT2D eigenvalue weighted by atomic mass is 10.1. The summed E-state index contributed by atoms with van der Waals surface area (Å²) in [6.45, 7) is 0. The van der Waals surface area contributed by atoms with Crippen molar-refractivity contribution in [2.75, 3.05) is 0 Å². The molecule has 0 fully saturated rings. The van der Waals surface area contributed by atoms with E-state index in [2.05, 4.69) is 14.7 Å². The predicted octanol–water partition coefficient (Wildman–Crippen LogP) is 2.79. The van der Waals surface area contributed by atoms with Gasteiger partial charge in [-0.3, -0.25) is 0 Å². The van der Waals surface area contributed by atoms with Gasteiger partial charge in [0.05, 0.1) is 6.04 Å². The molecule has 1 atom stereocenters. The predicted molar refractivity (Wildman–Crippen MR) is 56.8 cm³/mol. The molecule has 0 saturated carbocycles. The maximum atomic E-state index is 12.3. The molecule has 0 radical (unpaired) electrons. The van der Waals surface area contributed by atoms with Crippen molar-refractivity contribution in [3.05, 3.63) is 46.6 Å². The van der Waals surface area contributed by atoms with Crippen LogP contribution in [0.3, 0.4) is 0 Å². The Morgan fingerprint density at radius 2 is 1.94 bits per heavy atom. The quantitative estimate of drug-likeness (QED) is 0.917. The molecule has 0 aliphatic carbocycles. The van der Waals surface area contributed by atoms with Gasteiger partial charge < -0.3 is 10.3 Å². The number of rotatable bonds is 2. The van der Waals surface area contributed by atoms with Crippen LogP contribution in [0.4, 0.5) is 13.2 Å². The fraction of sp³-hybridized carbons (Fsp3) is 0.200. The van der Waals surface area contributed by atoms with Crippen LogP contribution in [0.2, 0.25) is 5.02 Å². The lowest BCUT2D eigenvalue weighted by Gasteiger charge is -2.08. The van der Waals surface area contributed by atoms with Gasteiger partial charge in [0.15, 0.2) is 5.82 Å². The monoisotopic (exact) mass is 277 g/mol. The number of hydrogen-bond donors (Lipinski definition) is 1. The number of benzene rings is 1. The summed E-state index contributed by atoms with van der Waals surface area (Å²) in [7, 11) is 0. The van der Waals surface area contributed by atoms with Gasteiger partial charge in [0.25, 0.3) is 0 Å². The van der Waals surface area contributed by atoms with E-state index in [1.54, 1.807) is 24.3 Å². The van der Waals surface area contributed by atoms with Crippen LogP contribution in [0.1, 0.15) is 23.3 Å². The van der Waals surface area contributed by atoms with E-state index in [1.807, 2.05) is 0 Å². The molecule has 2 rings (SSSR count). The Morgan fingerprint density at radius 1 is 1.28 bits per heavy atom. The first kappa shape index (κ1) is 12.8. The summed E-state index contributed by atoms with van der Waals surface area (Å²) >= 11 is 5.88. The van der Waals surface area contributed by atoms with Crippen LogP contribution in [0, 0.1) is 0 Å². The van der Waals surface area contributed by atoms with Crippen molar-refractivity contribution < 1.29 is 17.7 Å². The van der Waals surface area contributed by atoms with Crippen molar-refractivity contribution in [1.82, 2.24) is 10.1 Å². The van der Waals surface area contributed by atoms with Gasteiger partial charge in [-0.1, -0.05) is 35.0 Å². The van der Waals surface area contributed by atoms with Crippen molar-refractivity contribution in [3.8, 4) is 0 Å². The molecule has 1 unspecified atom stereocenters. The molecule has 1 aromatic heterocycles. The third-order valence-corrected chi connectivity index (χ3v) is 2.55. The van der Waals surface area contributed by atoms with Gasteiger partial charge in [-0.15, -0.1) is 0 Å². The zero-order chi connectivity index (χ0) is 13.3. The average molecular weight is 278 g/mol. The van der Waals surface area contributed by atoms with E-state index in [1.165, 1.54) is 0 Å². The Bertz CT molecular complexity index is 555. The van der Waals surface area contributed by atoms with E-state index < -0.39 is 18.1 Å². The molecular weight excluding hydrogens is 271 g/mol. The highest BCUT2D eigenvalue weighted by atomic mass is 35.5. The largest absolute Gasteiger partial charge is 0.471 e. The molecule has 2 aromatic rings. The van der Waals surface area contributed by atoms with Crippen LogP contribution < -0.4 is 5.73 Å². The summed E-state index contributed by atoms with van der Waals surface area (Å²) in [5.41, 5.74) is 6.16. The van der Waals surface area contributed by atoms with Crippen LogP contribution in [0.25, 0.3) is 0 Å². The fourth-order valence-corrected chi connectivity index (χ4v) is 1.60. The number of alkyl halides is 3. The Balaban J connectivity index is 2.33. The summed E-state index contributed by atoms with van der Waals surface area (Å²) in [5, 5.41) is 3.53. The first-order valence-corrected chi connectivity index (χ1v) is 5.18. The fourth-order valence-electron chi connectivity index (χ4n) is 1.34. The Labute approximate surface area is 105 Å². The van der Waals surface area contributed by atoms with Crippen LogP contribution in [-0.4, -0.2) is 10.1 Å². The summed E-state index contributed by atoms with van der Waals surface area (Å²) in [5.74, 6) is -1.70. The molecule has 1 aromatic carbocycles. The first-order valence-electron chi connectivity index (χ1n) is 4.80. The maximum absolute atomic E-state index is 12.3. The van der Waals surface area contributed by atoms with Crippen LogP contribution >= 0.6 is 11.6 Å². The summed E-state index contributed by atoms with van der Waals surface area (Å²) in [6, 6.07) is 5.51. The zero-order valence-corrected chi connectivity index (χ0v) is 9.53. The summed E-state index contributed by atoms with van der Waals surface area (Å²) in [4.78, 5) is 3.21. The molecule has 96 valence electrons. The number of aromatic nitrogens is 2. The number of nitrogens with zero attached hydrogens (tertiary/aromatic N) is 2. The number of nitrogens with two attached hydrogens (primary N) is 1. The second-order valence-corrected chi connectivity index (χ2v) is 3.86.